The fraction of sp³-hybridized carbons (Fsp3) is 0.286. The molecule has 0 unspecified atom stereocenters. The molecular weight excluding hydrogens is 233 g/mol. The summed E-state index contributed by atoms with van der Waals surface area (Å²) < 4.78 is 59.8. The molecule has 0 saturated heterocycles. The van der Waals surface area contributed by atoms with Gasteiger partial charge in [-0.25, -0.2) is 13.4 Å². The second-order valence-corrected chi connectivity index (χ2v) is 4.53. The van der Waals surface area contributed by atoms with Crippen LogP contribution in [0.2, 0.25) is 0 Å². The molecule has 0 fully saturated rings. The fourth-order valence-electron chi connectivity index (χ4n) is 0.839. The van der Waals surface area contributed by atoms with Crippen molar-refractivity contribution in [3.8, 4) is 0 Å². The van der Waals surface area contributed by atoms with Gasteiger partial charge < -0.3 is 0 Å². The Morgan fingerprint density at radius 1 is 1.33 bits per heavy atom. The van der Waals surface area contributed by atoms with Crippen LogP contribution in [-0.2, 0) is 16.2 Å². The van der Waals surface area contributed by atoms with Crippen LogP contribution >= 0.6 is 0 Å². The molecule has 0 aromatic carbocycles. The molecule has 84 valence electrons. The molecule has 0 bridgehead atoms. The molecule has 1 aromatic heterocycles. The average Bonchev–Trinajstić information content (AvgIpc) is 1.99. The molecule has 1 aromatic rings. The molecule has 1 N–H and O–H groups in total. The molecule has 4 nitrogen and oxygen atoms in total. The van der Waals surface area contributed by atoms with Crippen molar-refractivity contribution in [1.29, 1.82) is 0 Å². The summed E-state index contributed by atoms with van der Waals surface area (Å²) in [5, 5.41) is 0. The van der Waals surface area contributed by atoms with Crippen molar-refractivity contribution in [1.82, 2.24) is 4.98 Å². The van der Waals surface area contributed by atoms with E-state index in [1.165, 1.54) is 0 Å². The summed E-state index contributed by atoms with van der Waals surface area (Å²) in [6.45, 7) is 0. The summed E-state index contributed by atoms with van der Waals surface area (Å²) in [7, 11) is -3.62. The number of pyridine rings is 1. The molecule has 0 saturated carbocycles. The molecule has 0 radical (unpaired) electrons. The minimum absolute atomic E-state index is 0.354. The van der Waals surface area contributed by atoms with E-state index >= 15 is 0 Å². The van der Waals surface area contributed by atoms with E-state index in [0.717, 1.165) is 24.5 Å². The second-order valence-electron chi connectivity index (χ2n) is 2.78. The highest BCUT2D eigenvalue weighted by atomic mass is 32.2. The lowest BCUT2D eigenvalue weighted by Crippen LogP contribution is -2.14. The summed E-state index contributed by atoms with van der Waals surface area (Å²) in [6, 6.07) is 2.97. The van der Waals surface area contributed by atoms with Crippen molar-refractivity contribution < 1.29 is 21.6 Å². The maximum atomic E-state index is 12.2. The van der Waals surface area contributed by atoms with Gasteiger partial charge in [0.2, 0.25) is 10.0 Å². The van der Waals surface area contributed by atoms with Gasteiger partial charge in [0, 0.05) is 0 Å². The Labute approximate surface area is 84.2 Å². The van der Waals surface area contributed by atoms with E-state index in [2.05, 4.69) is 4.98 Å². The van der Waals surface area contributed by atoms with E-state index in [1.807, 2.05) is 4.72 Å². The Morgan fingerprint density at radius 3 is 2.40 bits per heavy atom. The van der Waals surface area contributed by atoms with Gasteiger partial charge in [0.1, 0.15) is 11.5 Å². The van der Waals surface area contributed by atoms with Crippen molar-refractivity contribution in [3.63, 3.8) is 0 Å². The van der Waals surface area contributed by atoms with Gasteiger partial charge in [0.05, 0.1) is 6.26 Å². The van der Waals surface area contributed by atoms with E-state index < -0.39 is 21.9 Å². The Bertz CT molecular complexity index is 456. The van der Waals surface area contributed by atoms with Gasteiger partial charge in [-0.1, -0.05) is 6.07 Å². The van der Waals surface area contributed by atoms with Gasteiger partial charge in [-0.3, -0.25) is 4.72 Å². The predicted octanol–water partition coefficient (Wildman–Crippen LogP) is 1.47. The zero-order valence-electron chi connectivity index (χ0n) is 7.54. The average molecular weight is 240 g/mol. The number of anilines is 1. The number of hydrogen-bond donors (Lipinski definition) is 1. The van der Waals surface area contributed by atoms with Crippen molar-refractivity contribution in [2.45, 2.75) is 6.18 Å². The largest absolute Gasteiger partial charge is 0.433 e. The van der Waals surface area contributed by atoms with E-state index in [9.17, 15) is 21.6 Å². The molecule has 0 atom stereocenters. The summed E-state index contributed by atoms with van der Waals surface area (Å²) in [5.74, 6) is -0.354. The summed E-state index contributed by atoms with van der Waals surface area (Å²) in [5.41, 5.74) is -1.14. The first-order valence-corrected chi connectivity index (χ1v) is 5.60. The number of alkyl halides is 3. The highest BCUT2D eigenvalue weighted by molar-refractivity contribution is 7.92. The smallest absolute Gasteiger partial charge is 0.268 e. The lowest BCUT2D eigenvalue weighted by Gasteiger charge is -2.07. The maximum Gasteiger partial charge on any atom is 0.433 e. The molecule has 1 heterocycles. The van der Waals surface area contributed by atoms with Crippen LogP contribution < -0.4 is 4.72 Å². The number of rotatable bonds is 2. The fourth-order valence-corrected chi connectivity index (χ4v) is 1.33. The van der Waals surface area contributed by atoms with Gasteiger partial charge in [-0.2, -0.15) is 13.2 Å². The Morgan fingerprint density at radius 2 is 1.93 bits per heavy atom. The number of nitrogens with one attached hydrogen (secondary N) is 1. The maximum absolute atomic E-state index is 12.2. The van der Waals surface area contributed by atoms with Crippen LogP contribution in [0.1, 0.15) is 5.69 Å². The van der Waals surface area contributed by atoms with Crippen LogP contribution in [-0.4, -0.2) is 19.7 Å². The third kappa shape index (κ3) is 3.74. The molecule has 0 spiro atoms. The van der Waals surface area contributed by atoms with E-state index in [1.54, 1.807) is 0 Å². The van der Waals surface area contributed by atoms with Gasteiger partial charge in [-0.15, -0.1) is 0 Å². The third-order valence-corrected chi connectivity index (χ3v) is 1.91. The van der Waals surface area contributed by atoms with Crippen LogP contribution in [0.3, 0.4) is 0 Å². The van der Waals surface area contributed by atoms with Crippen molar-refractivity contribution in [2.24, 2.45) is 0 Å². The molecule has 0 amide bonds. The molecule has 0 aliphatic carbocycles. The number of sulfonamides is 1. The second kappa shape index (κ2) is 3.69. The van der Waals surface area contributed by atoms with E-state index in [-0.39, 0.29) is 5.82 Å². The van der Waals surface area contributed by atoms with Crippen molar-refractivity contribution in [2.75, 3.05) is 11.0 Å². The Balaban J connectivity index is 3.04. The SMILES string of the molecule is CS(=O)(=O)Nc1cccc(C(F)(F)F)n1. The van der Waals surface area contributed by atoms with Crippen molar-refractivity contribution >= 4 is 15.8 Å². The lowest BCUT2D eigenvalue weighted by atomic mass is 10.3. The molecule has 15 heavy (non-hydrogen) atoms. The van der Waals surface area contributed by atoms with E-state index in [0.29, 0.717) is 0 Å². The minimum atomic E-state index is -4.59. The van der Waals surface area contributed by atoms with E-state index in [4.69, 9.17) is 0 Å². The highest BCUT2D eigenvalue weighted by Crippen LogP contribution is 2.28. The molecule has 0 aliphatic rings. The molecule has 1 rings (SSSR count). The number of aromatic nitrogens is 1. The van der Waals surface area contributed by atoms with Gasteiger partial charge in [-0.05, 0) is 12.1 Å². The number of halogens is 3. The minimum Gasteiger partial charge on any atom is -0.268 e. The van der Waals surface area contributed by atoms with Gasteiger partial charge in [0.15, 0.2) is 0 Å². The number of hydrogen-bond acceptors (Lipinski definition) is 3. The topological polar surface area (TPSA) is 59.1 Å². The molecule has 0 aliphatic heterocycles. The van der Waals surface area contributed by atoms with Crippen LogP contribution in [0.15, 0.2) is 18.2 Å². The standard InChI is InChI=1S/C7H7F3N2O2S/c1-15(13,14)12-6-4-2-3-5(11-6)7(8,9)10/h2-4H,1H3,(H,11,12). The summed E-state index contributed by atoms with van der Waals surface area (Å²) in [6.07, 6.45) is -3.76. The quantitative estimate of drug-likeness (QED) is 0.851. The Kier molecular flexibility index (Phi) is 2.89. The third-order valence-electron chi connectivity index (χ3n) is 1.33. The zero-order valence-corrected chi connectivity index (χ0v) is 8.35. The highest BCUT2D eigenvalue weighted by Gasteiger charge is 2.32. The summed E-state index contributed by atoms with van der Waals surface area (Å²) in [4.78, 5) is 3.11. The van der Waals surface area contributed by atoms with Crippen LogP contribution in [0, 0.1) is 0 Å². The molecule has 8 heteroatoms. The molecular formula is C7H7F3N2O2S. The predicted molar refractivity (Wildman–Crippen MR) is 47.7 cm³/mol. The first kappa shape index (κ1) is 11.8. The lowest BCUT2D eigenvalue weighted by molar-refractivity contribution is -0.141. The Hall–Kier alpha value is -1.31. The van der Waals surface area contributed by atoms with Gasteiger partial charge in [0.25, 0.3) is 0 Å². The summed E-state index contributed by atoms with van der Waals surface area (Å²) >= 11 is 0. The monoisotopic (exact) mass is 240 g/mol. The van der Waals surface area contributed by atoms with Crippen LogP contribution in [0.5, 0.6) is 0 Å². The zero-order chi connectivity index (χ0) is 11.7. The van der Waals surface area contributed by atoms with Crippen LogP contribution in [0.25, 0.3) is 0 Å². The van der Waals surface area contributed by atoms with Crippen molar-refractivity contribution in [3.05, 3.63) is 23.9 Å². The van der Waals surface area contributed by atoms with Crippen LogP contribution in [0.4, 0.5) is 19.0 Å². The van der Waals surface area contributed by atoms with Gasteiger partial charge >= 0.3 is 6.18 Å². The number of nitrogens with zero attached hydrogens (tertiary/aromatic N) is 1. The normalized spacial score (nSPS) is 12.5. The first-order chi connectivity index (χ1) is 6.68. The first-order valence-electron chi connectivity index (χ1n) is 3.70.